The van der Waals surface area contributed by atoms with Crippen molar-refractivity contribution in [2.24, 2.45) is 11.8 Å². The average molecular weight is 244 g/mol. The molecule has 0 aliphatic heterocycles. The number of carbonyl (C=O) groups excluding carboxylic acids is 3. The summed E-state index contributed by atoms with van der Waals surface area (Å²) >= 11 is 0. The van der Waals surface area contributed by atoms with E-state index >= 15 is 0 Å². The van der Waals surface area contributed by atoms with E-state index in [1.54, 1.807) is 27.7 Å². The van der Waals surface area contributed by atoms with Crippen molar-refractivity contribution < 1.29 is 23.9 Å². The maximum Gasteiger partial charge on any atom is 0.316 e. The van der Waals surface area contributed by atoms with Gasteiger partial charge in [-0.1, -0.05) is 13.8 Å². The molecule has 5 nitrogen and oxygen atoms in total. The molecule has 98 valence electrons. The molecule has 0 aromatic carbocycles. The Morgan fingerprint density at radius 3 is 1.94 bits per heavy atom. The minimum Gasteiger partial charge on any atom is -0.466 e. The van der Waals surface area contributed by atoms with E-state index in [1.165, 1.54) is 0 Å². The Morgan fingerprint density at radius 1 is 1.00 bits per heavy atom. The molecule has 0 radical (unpaired) electrons. The molecule has 0 spiro atoms. The first kappa shape index (κ1) is 15.6. The van der Waals surface area contributed by atoms with Gasteiger partial charge < -0.3 is 9.47 Å². The van der Waals surface area contributed by atoms with Crippen LogP contribution in [0.5, 0.6) is 0 Å². The standard InChI is InChI=1S/C12H20O5/c1-5-16-10(14)7-9(13)11(8(3)4)12(15)17-6-2/h8,11H,5-7H2,1-4H3. The molecule has 0 heterocycles. The lowest BCUT2D eigenvalue weighted by Crippen LogP contribution is -2.32. The minimum absolute atomic E-state index is 0.198. The van der Waals surface area contributed by atoms with Crippen molar-refractivity contribution in [3.8, 4) is 0 Å². The number of ether oxygens (including phenoxy) is 2. The van der Waals surface area contributed by atoms with Gasteiger partial charge in [-0.3, -0.25) is 14.4 Å². The summed E-state index contributed by atoms with van der Waals surface area (Å²) < 4.78 is 9.49. The van der Waals surface area contributed by atoms with Crippen LogP contribution in [0.25, 0.3) is 0 Å². The summed E-state index contributed by atoms with van der Waals surface area (Å²) in [5, 5.41) is 0. The summed E-state index contributed by atoms with van der Waals surface area (Å²) in [5.41, 5.74) is 0. The molecule has 0 N–H and O–H groups in total. The molecule has 0 aliphatic rings. The molecule has 0 aromatic heterocycles. The van der Waals surface area contributed by atoms with E-state index in [2.05, 4.69) is 4.74 Å². The summed E-state index contributed by atoms with van der Waals surface area (Å²) in [7, 11) is 0. The third-order valence-corrected chi connectivity index (χ3v) is 2.18. The van der Waals surface area contributed by atoms with Gasteiger partial charge in [-0.05, 0) is 19.8 Å². The molecule has 0 fully saturated rings. The van der Waals surface area contributed by atoms with E-state index in [4.69, 9.17) is 4.74 Å². The highest BCUT2D eigenvalue weighted by Gasteiger charge is 2.32. The monoisotopic (exact) mass is 244 g/mol. The quantitative estimate of drug-likeness (QED) is 0.499. The summed E-state index contributed by atoms with van der Waals surface area (Å²) in [4.78, 5) is 34.5. The van der Waals surface area contributed by atoms with Gasteiger partial charge in [0.2, 0.25) is 0 Å². The lowest BCUT2D eigenvalue weighted by atomic mass is 9.90. The lowest BCUT2D eigenvalue weighted by molar-refractivity contribution is -0.155. The van der Waals surface area contributed by atoms with Crippen LogP contribution in [0.3, 0.4) is 0 Å². The van der Waals surface area contributed by atoms with Crippen molar-refractivity contribution in [1.29, 1.82) is 0 Å². The van der Waals surface area contributed by atoms with E-state index in [9.17, 15) is 14.4 Å². The Kier molecular flexibility index (Phi) is 7.18. The van der Waals surface area contributed by atoms with Crippen LogP contribution in [0.4, 0.5) is 0 Å². The highest BCUT2D eigenvalue weighted by molar-refractivity contribution is 6.06. The molecule has 5 heteroatoms. The second-order valence-electron chi connectivity index (χ2n) is 3.92. The van der Waals surface area contributed by atoms with Gasteiger partial charge in [0, 0.05) is 0 Å². The fraction of sp³-hybridized carbons (Fsp3) is 0.750. The Hall–Kier alpha value is -1.39. The first-order valence-corrected chi connectivity index (χ1v) is 5.78. The second kappa shape index (κ2) is 7.81. The molecule has 0 saturated carbocycles. The average Bonchev–Trinajstić information content (AvgIpc) is 2.17. The van der Waals surface area contributed by atoms with Gasteiger partial charge in [-0.2, -0.15) is 0 Å². The molecular formula is C12H20O5. The maximum atomic E-state index is 11.8. The number of rotatable bonds is 7. The van der Waals surface area contributed by atoms with Gasteiger partial charge >= 0.3 is 11.9 Å². The topological polar surface area (TPSA) is 69.7 Å². The molecule has 0 aromatic rings. The highest BCUT2D eigenvalue weighted by Crippen LogP contribution is 2.16. The molecular weight excluding hydrogens is 224 g/mol. The molecule has 1 atom stereocenters. The number of hydrogen-bond acceptors (Lipinski definition) is 5. The zero-order valence-corrected chi connectivity index (χ0v) is 10.8. The van der Waals surface area contributed by atoms with E-state index < -0.39 is 23.6 Å². The zero-order valence-electron chi connectivity index (χ0n) is 10.8. The second-order valence-corrected chi connectivity index (χ2v) is 3.92. The van der Waals surface area contributed by atoms with E-state index in [0.717, 1.165) is 0 Å². The third-order valence-electron chi connectivity index (χ3n) is 2.18. The van der Waals surface area contributed by atoms with Gasteiger partial charge in [0.25, 0.3) is 0 Å². The fourth-order valence-electron chi connectivity index (χ4n) is 1.47. The van der Waals surface area contributed by atoms with Crippen molar-refractivity contribution in [2.45, 2.75) is 34.1 Å². The number of Topliss-reactive ketones (excluding diaryl/α,β-unsaturated/α-hetero) is 1. The van der Waals surface area contributed by atoms with Gasteiger partial charge in [-0.25, -0.2) is 0 Å². The summed E-state index contributed by atoms with van der Waals surface area (Å²) in [6.45, 7) is 7.25. The smallest absolute Gasteiger partial charge is 0.316 e. The van der Waals surface area contributed by atoms with Crippen molar-refractivity contribution in [2.75, 3.05) is 13.2 Å². The molecule has 0 rings (SSSR count). The molecule has 0 amide bonds. The number of carbonyl (C=O) groups is 3. The van der Waals surface area contributed by atoms with Crippen molar-refractivity contribution >= 4 is 17.7 Å². The number of ketones is 1. The van der Waals surface area contributed by atoms with Gasteiger partial charge in [0.1, 0.15) is 12.3 Å². The predicted octanol–water partition coefficient (Wildman–Crippen LogP) is 1.34. The van der Waals surface area contributed by atoms with Crippen LogP contribution in [0.2, 0.25) is 0 Å². The first-order valence-electron chi connectivity index (χ1n) is 5.78. The predicted molar refractivity (Wildman–Crippen MR) is 61.2 cm³/mol. The van der Waals surface area contributed by atoms with Crippen molar-refractivity contribution in [3.63, 3.8) is 0 Å². The van der Waals surface area contributed by atoms with Gasteiger partial charge in [0.15, 0.2) is 5.78 Å². The lowest BCUT2D eigenvalue weighted by Gasteiger charge is -2.17. The van der Waals surface area contributed by atoms with Crippen LogP contribution in [-0.4, -0.2) is 30.9 Å². The Balaban J connectivity index is 4.55. The van der Waals surface area contributed by atoms with Crippen molar-refractivity contribution in [3.05, 3.63) is 0 Å². The van der Waals surface area contributed by atoms with Gasteiger partial charge in [0.05, 0.1) is 13.2 Å². The number of esters is 2. The summed E-state index contributed by atoms with van der Waals surface area (Å²) in [6, 6.07) is 0. The van der Waals surface area contributed by atoms with E-state index in [0.29, 0.717) is 0 Å². The molecule has 1 unspecified atom stereocenters. The Labute approximate surface area is 101 Å². The van der Waals surface area contributed by atoms with Crippen LogP contribution in [-0.2, 0) is 23.9 Å². The van der Waals surface area contributed by atoms with Crippen LogP contribution >= 0.6 is 0 Å². The fourth-order valence-corrected chi connectivity index (χ4v) is 1.47. The zero-order chi connectivity index (χ0) is 13.4. The normalized spacial score (nSPS) is 12.1. The SMILES string of the molecule is CCOC(=O)CC(=O)C(C(=O)OCC)C(C)C. The Bertz CT molecular complexity index is 283. The summed E-state index contributed by atoms with van der Waals surface area (Å²) in [5.74, 6) is -2.71. The molecule has 0 saturated heterocycles. The number of hydrogen-bond donors (Lipinski definition) is 0. The molecule has 0 bridgehead atoms. The Morgan fingerprint density at radius 2 is 1.53 bits per heavy atom. The highest BCUT2D eigenvalue weighted by atomic mass is 16.5. The van der Waals surface area contributed by atoms with Gasteiger partial charge in [-0.15, -0.1) is 0 Å². The van der Waals surface area contributed by atoms with E-state index in [-0.39, 0.29) is 25.6 Å². The minimum atomic E-state index is -0.889. The van der Waals surface area contributed by atoms with Crippen LogP contribution in [0.1, 0.15) is 34.1 Å². The first-order chi connectivity index (χ1) is 7.93. The molecule has 17 heavy (non-hydrogen) atoms. The van der Waals surface area contributed by atoms with Crippen LogP contribution < -0.4 is 0 Å². The maximum absolute atomic E-state index is 11.8. The van der Waals surface area contributed by atoms with E-state index in [1.807, 2.05) is 0 Å². The van der Waals surface area contributed by atoms with Crippen LogP contribution in [0, 0.1) is 11.8 Å². The molecule has 0 aliphatic carbocycles. The van der Waals surface area contributed by atoms with Crippen molar-refractivity contribution in [1.82, 2.24) is 0 Å². The third kappa shape index (κ3) is 5.47. The largest absolute Gasteiger partial charge is 0.466 e. The summed E-state index contributed by atoms with van der Waals surface area (Å²) in [6.07, 6.45) is -0.379. The van der Waals surface area contributed by atoms with Crippen LogP contribution in [0.15, 0.2) is 0 Å².